The van der Waals surface area contributed by atoms with Crippen LogP contribution in [0.4, 0.5) is 0 Å². The van der Waals surface area contributed by atoms with Crippen LogP contribution in [0, 0.1) is 6.92 Å². The van der Waals surface area contributed by atoms with Crippen LogP contribution in [0.3, 0.4) is 0 Å². The zero-order valence-electron chi connectivity index (χ0n) is 16.2. The monoisotopic (exact) mass is 390 g/mol. The molecule has 7 nitrogen and oxygen atoms in total. The van der Waals surface area contributed by atoms with E-state index in [9.17, 15) is 14.7 Å². The molecule has 5 rings (SSSR count). The lowest BCUT2D eigenvalue weighted by Crippen LogP contribution is -2.39. The van der Waals surface area contributed by atoms with Gasteiger partial charge in [-0.3, -0.25) is 9.59 Å². The molecule has 0 spiro atoms. The van der Waals surface area contributed by atoms with Gasteiger partial charge in [-0.2, -0.15) is 0 Å². The summed E-state index contributed by atoms with van der Waals surface area (Å²) in [6, 6.07) is 7.08. The van der Waals surface area contributed by atoms with Crippen molar-refractivity contribution in [2.75, 3.05) is 6.54 Å². The number of imidazole rings is 1. The lowest BCUT2D eigenvalue weighted by Gasteiger charge is -2.32. The van der Waals surface area contributed by atoms with E-state index in [4.69, 9.17) is 0 Å². The van der Waals surface area contributed by atoms with E-state index in [0.29, 0.717) is 30.8 Å². The van der Waals surface area contributed by atoms with Gasteiger partial charge in [0.2, 0.25) is 0 Å². The number of Topliss-reactive ketones (excluding diaryl/α,β-unsaturated/α-hetero) is 1. The quantitative estimate of drug-likeness (QED) is 0.626. The fourth-order valence-corrected chi connectivity index (χ4v) is 4.63. The maximum Gasteiger partial charge on any atom is 0.270 e. The number of fused-ring (bicyclic) bond motifs is 2. The zero-order chi connectivity index (χ0) is 20.1. The van der Waals surface area contributed by atoms with E-state index in [-0.39, 0.29) is 23.4 Å². The Balaban J connectivity index is 1.51. The van der Waals surface area contributed by atoms with Crippen molar-refractivity contribution >= 4 is 11.7 Å². The summed E-state index contributed by atoms with van der Waals surface area (Å²) in [7, 11) is 0. The highest BCUT2D eigenvalue weighted by molar-refractivity contribution is 6.04. The molecular weight excluding hydrogens is 368 g/mol. The smallest absolute Gasteiger partial charge is 0.270 e. The van der Waals surface area contributed by atoms with Crippen LogP contribution in [0.1, 0.15) is 67.8 Å². The second-order valence-corrected chi connectivity index (χ2v) is 7.85. The van der Waals surface area contributed by atoms with Crippen molar-refractivity contribution in [2.45, 2.75) is 38.6 Å². The molecule has 148 valence electrons. The van der Waals surface area contributed by atoms with Crippen LogP contribution in [0.2, 0.25) is 0 Å². The van der Waals surface area contributed by atoms with Gasteiger partial charge in [-0.25, -0.2) is 4.98 Å². The van der Waals surface area contributed by atoms with E-state index in [1.807, 2.05) is 13.0 Å². The van der Waals surface area contributed by atoms with Crippen LogP contribution >= 0.6 is 0 Å². The normalized spacial score (nSPS) is 18.4. The highest BCUT2D eigenvalue weighted by Gasteiger charge is 2.34. The maximum absolute atomic E-state index is 13.4. The molecule has 1 unspecified atom stereocenters. The summed E-state index contributed by atoms with van der Waals surface area (Å²) in [5, 5.41) is 9.90. The average molecular weight is 390 g/mol. The van der Waals surface area contributed by atoms with Crippen LogP contribution in [0.15, 0.2) is 30.6 Å². The van der Waals surface area contributed by atoms with Gasteiger partial charge in [0, 0.05) is 30.1 Å². The van der Waals surface area contributed by atoms with E-state index in [0.717, 1.165) is 41.1 Å². The molecule has 2 aliphatic rings. The van der Waals surface area contributed by atoms with Gasteiger partial charge < -0.3 is 20.0 Å². The number of carbonyl (C=O) groups is 2. The van der Waals surface area contributed by atoms with Crippen molar-refractivity contribution in [2.24, 2.45) is 0 Å². The number of aromatic nitrogens is 3. The summed E-state index contributed by atoms with van der Waals surface area (Å²) >= 11 is 0. The standard InChI is InChI=1S/C22H22N4O3/c1-12-19-16(6-3-7-18(19)28)25-20(12)22(29)26-9-15(13-4-2-5-14(27)8-13)21-17(10-26)23-11-24-21/h2,4-5,8,11,15,25,27H,3,6-7,9-10H2,1H3,(H,23,24). The molecule has 0 bridgehead atoms. The zero-order valence-corrected chi connectivity index (χ0v) is 16.2. The van der Waals surface area contributed by atoms with Gasteiger partial charge in [-0.15, -0.1) is 0 Å². The first kappa shape index (κ1) is 17.7. The first-order valence-electron chi connectivity index (χ1n) is 9.88. The Morgan fingerprint density at radius 1 is 1.28 bits per heavy atom. The number of nitrogens with one attached hydrogen (secondary N) is 2. The van der Waals surface area contributed by atoms with Gasteiger partial charge in [0.25, 0.3) is 5.91 Å². The van der Waals surface area contributed by atoms with Crippen molar-refractivity contribution in [1.29, 1.82) is 0 Å². The summed E-state index contributed by atoms with van der Waals surface area (Å²) in [5.74, 6) is 0.0586. The summed E-state index contributed by atoms with van der Waals surface area (Å²) in [4.78, 5) is 38.4. The minimum Gasteiger partial charge on any atom is -0.508 e. The molecule has 0 fully saturated rings. The molecule has 1 amide bonds. The molecule has 1 aromatic carbocycles. The summed E-state index contributed by atoms with van der Waals surface area (Å²) < 4.78 is 0. The molecule has 29 heavy (non-hydrogen) atoms. The molecular formula is C22H22N4O3. The van der Waals surface area contributed by atoms with E-state index in [1.54, 1.807) is 29.4 Å². The van der Waals surface area contributed by atoms with E-state index in [2.05, 4.69) is 15.0 Å². The van der Waals surface area contributed by atoms with E-state index >= 15 is 0 Å². The van der Waals surface area contributed by atoms with Crippen LogP contribution in [0.25, 0.3) is 0 Å². The van der Waals surface area contributed by atoms with Gasteiger partial charge in [0.05, 0.1) is 24.3 Å². The fourth-order valence-electron chi connectivity index (χ4n) is 4.63. The SMILES string of the molecule is Cc1c(C(=O)N2Cc3[nH]cnc3C(c3cccc(O)c3)C2)[nH]c2c1C(=O)CCC2. The first-order chi connectivity index (χ1) is 14.0. The van der Waals surface area contributed by atoms with Gasteiger partial charge in [-0.1, -0.05) is 12.1 Å². The number of hydrogen-bond acceptors (Lipinski definition) is 4. The summed E-state index contributed by atoms with van der Waals surface area (Å²) in [5.41, 5.74) is 5.53. The Kier molecular flexibility index (Phi) is 4.04. The molecule has 0 saturated heterocycles. The van der Waals surface area contributed by atoms with E-state index in [1.165, 1.54) is 0 Å². The average Bonchev–Trinajstić information content (AvgIpc) is 3.32. The minimum absolute atomic E-state index is 0.116. The number of hydrogen-bond donors (Lipinski definition) is 3. The number of aromatic amines is 2. The molecule has 3 aromatic rings. The Bertz CT molecular complexity index is 1130. The number of carbonyl (C=O) groups excluding carboxylic acids is 2. The van der Waals surface area contributed by atoms with Crippen LogP contribution in [-0.4, -0.2) is 43.2 Å². The van der Waals surface area contributed by atoms with Crippen LogP contribution in [-0.2, 0) is 13.0 Å². The molecule has 0 radical (unpaired) electrons. The summed E-state index contributed by atoms with van der Waals surface area (Å²) in [6.07, 6.45) is 3.80. The second kappa shape index (κ2) is 6.62. The number of aromatic hydroxyl groups is 1. The Hall–Kier alpha value is -3.35. The van der Waals surface area contributed by atoms with Gasteiger partial charge in [-0.05, 0) is 43.0 Å². The van der Waals surface area contributed by atoms with Crippen molar-refractivity contribution in [3.05, 3.63) is 70.1 Å². The van der Waals surface area contributed by atoms with Crippen LogP contribution in [0.5, 0.6) is 5.75 Å². The Morgan fingerprint density at radius 3 is 2.93 bits per heavy atom. The second-order valence-electron chi connectivity index (χ2n) is 7.85. The molecule has 0 saturated carbocycles. The van der Waals surface area contributed by atoms with Gasteiger partial charge in [0.15, 0.2) is 5.78 Å². The number of benzene rings is 1. The third-order valence-electron chi connectivity index (χ3n) is 6.04. The third kappa shape index (κ3) is 2.85. The lowest BCUT2D eigenvalue weighted by molar-refractivity contribution is 0.0715. The van der Waals surface area contributed by atoms with Crippen molar-refractivity contribution in [3.63, 3.8) is 0 Å². The molecule has 1 aliphatic carbocycles. The topological polar surface area (TPSA) is 102 Å². The number of rotatable bonds is 2. The molecule has 2 aromatic heterocycles. The predicted molar refractivity (Wildman–Crippen MR) is 106 cm³/mol. The highest BCUT2D eigenvalue weighted by atomic mass is 16.3. The maximum atomic E-state index is 13.4. The predicted octanol–water partition coefficient (Wildman–Crippen LogP) is 3.06. The number of nitrogens with zero attached hydrogens (tertiary/aromatic N) is 2. The molecule has 7 heteroatoms. The lowest BCUT2D eigenvalue weighted by atomic mass is 9.90. The minimum atomic E-state index is -0.132. The van der Waals surface area contributed by atoms with Crippen molar-refractivity contribution in [3.8, 4) is 5.75 Å². The Labute approximate surface area is 167 Å². The molecule has 1 atom stereocenters. The Morgan fingerprint density at radius 2 is 2.14 bits per heavy atom. The number of amides is 1. The molecule has 1 aliphatic heterocycles. The largest absolute Gasteiger partial charge is 0.508 e. The third-order valence-corrected chi connectivity index (χ3v) is 6.04. The molecule has 3 heterocycles. The van der Waals surface area contributed by atoms with Crippen LogP contribution < -0.4 is 0 Å². The first-order valence-corrected chi connectivity index (χ1v) is 9.88. The van der Waals surface area contributed by atoms with Crippen molar-refractivity contribution < 1.29 is 14.7 Å². The molecule has 3 N–H and O–H groups in total. The number of phenols is 1. The highest BCUT2D eigenvalue weighted by Crippen LogP contribution is 2.34. The summed E-state index contributed by atoms with van der Waals surface area (Å²) in [6.45, 7) is 2.74. The van der Waals surface area contributed by atoms with Crippen molar-refractivity contribution in [1.82, 2.24) is 19.9 Å². The number of phenolic OH excluding ortho intramolecular Hbond substituents is 1. The number of aryl methyl sites for hydroxylation is 1. The number of ketones is 1. The van der Waals surface area contributed by atoms with E-state index < -0.39 is 0 Å². The van der Waals surface area contributed by atoms with Gasteiger partial charge >= 0.3 is 0 Å². The van der Waals surface area contributed by atoms with Gasteiger partial charge in [0.1, 0.15) is 11.4 Å². The fraction of sp³-hybridized carbons (Fsp3) is 0.318. The number of H-pyrrole nitrogens is 2.